The number of rotatable bonds is 6. The molecule has 2 rings (SSSR count). The molecule has 0 saturated carbocycles. The van der Waals surface area contributed by atoms with Crippen molar-refractivity contribution >= 4 is 11.3 Å². The van der Waals surface area contributed by atoms with Crippen molar-refractivity contribution < 1.29 is 4.42 Å². The number of oxazole rings is 1. The maximum atomic E-state index is 5.72. The maximum Gasteiger partial charge on any atom is 0.236 e. The summed E-state index contributed by atoms with van der Waals surface area (Å²) in [4.78, 5) is 7.90. The van der Waals surface area contributed by atoms with E-state index in [4.69, 9.17) is 4.42 Å². The first-order valence-corrected chi connectivity index (χ1v) is 6.92. The van der Waals surface area contributed by atoms with Gasteiger partial charge >= 0.3 is 0 Å². The Hall–Kier alpha value is -1.17. The minimum Gasteiger partial charge on any atom is -0.440 e. The minimum atomic E-state index is 0.736. The summed E-state index contributed by atoms with van der Waals surface area (Å²) in [6, 6.07) is 4.04. The van der Waals surface area contributed by atoms with Gasteiger partial charge in [0.15, 0.2) is 0 Å². The highest BCUT2D eigenvalue weighted by Gasteiger charge is 2.13. The van der Waals surface area contributed by atoms with Crippen LogP contribution in [0.2, 0.25) is 0 Å². The van der Waals surface area contributed by atoms with Crippen LogP contribution in [0.4, 0.5) is 0 Å². The Kier molecular flexibility index (Phi) is 4.52. The average molecular weight is 265 g/mol. The zero-order chi connectivity index (χ0) is 13.0. The van der Waals surface area contributed by atoms with Gasteiger partial charge in [0.25, 0.3) is 0 Å². The van der Waals surface area contributed by atoms with Crippen LogP contribution in [0, 0.1) is 6.92 Å². The van der Waals surface area contributed by atoms with Crippen molar-refractivity contribution in [2.24, 2.45) is 0 Å². The highest BCUT2D eigenvalue weighted by atomic mass is 32.1. The molecule has 2 heterocycles. The molecule has 0 aromatic carbocycles. The van der Waals surface area contributed by atoms with Crippen LogP contribution in [0.5, 0.6) is 0 Å². The summed E-state index contributed by atoms with van der Waals surface area (Å²) < 4.78 is 5.72. The van der Waals surface area contributed by atoms with E-state index in [1.165, 1.54) is 0 Å². The molecule has 2 aromatic heterocycles. The molecular formula is C13H19N3OS. The van der Waals surface area contributed by atoms with E-state index in [2.05, 4.69) is 22.2 Å². The molecule has 0 atom stereocenters. The second-order valence-electron chi connectivity index (χ2n) is 4.34. The number of likely N-dealkylation sites (N-methyl/N-ethyl adjacent to an activating group) is 2. The molecule has 1 N–H and O–H groups in total. The highest BCUT2D eigenvalue weighted by molar-refractivity contribution is 7.13. The molecule has 0 aliphatic carbocycles. The number of aromatic nitrogens is 1. The standard InChI is InChI=1S/C13H19N3OS/c1-10-11(9-16(3)7-6-14-2)15-13(17-10)12-5-4-8-18-12/h4-5,8,14H,6-7,9H2,1-3H3. The van der Waals surface area contributed by atoms with Crippen LogP contribution in [0.15, 0.2) is 21.9 Å². The maximum absolute atomic E-state index is 5.72. The fourth-order valence-electron chi connectivity index (χ4n) is 1.72. The molecule has 4 nitrogen and oxygen atoms in total. The first-order chi connectivity index (χ1) is 8.70. The minimum absolute atomic E-state index is 0.736. The normalized spacial score (nSPS) is 11.3. The van der Waals surface area contributed by atoms with Gasteiger partial charge in [-0.05, 0) is 32.5 Å². The summed E-state index contributed by atoms with van der Waals surface area (Å²) in [5.74, 6) is 1.65. The van der Waals surface area contributed by atoms with Crippen LogP contribution in [0.25, 0.3) is 10.8 Å². The van der Waals surface area contributed by atoms with Gasteiger partial charge in [-0.3, -0.25) is 4.90 Å². The summed E-state index contributed by atoms with van der Waals surface area (Å²) >= 11 is 1.65. The van der Waals surface area contributed by atoms with E-state index in [1.807, 2.05) is 31.5 Å². The van der Waals surface area contributed by atoms with E-state index in [9.17, 15) is 0 Å². The largest absolute Gasteiger partial charge is 0.440 e. The molecule has 0 aliphatic heterocycles. The van der Waals surface area contributed by atoms with E-state index in [-0.39, 0.29) is 0 Å². The topological polar surface area (TPSA) is 41.3 Å². The van der Waals surface area contributed by atoms with Crippen molar-refractivity contribution in [3.05, 3.63) is 29.0 Å². The molecule has 0 amide bonds. The Morgan fingerprint density at radius 2 is 2.33 bits per heavy atom. The number of nitrogens with one attached hydrogen (secondary N) is 1. The lowest BCUT2D eigenvalue weighted by atomic mass is 10.3. The summed E-state index contributed by atoms with van der Waals surface area (Å²) in [6.07, 6.45) is 0. The molecule has 0 aliphatic rings. The lowest BCUT2D eigenvalue weighted by Crippen LogP contribution is -2.27. The lowest BCUT2D eigenvalue weighted by Gasteiger charge is -2.14. The Morgan fingerprint density at radius 3 is 3.00 bits per heavy atom. The van der Waals surface area contributed by atoms with E-state index < -0.39 is 0 Å². The third-order valence-electron chi connectivity index (χ3n) is 2.79. The molecular weight excluding hydrogens is 246 g/mol. The highest BCUT2D eigenvalue weighted by Crippen LogP contribution is 2.26. The van der Waals surface area contributed by atoms with Gasteiger partial charge in [0.1, 0.15) is 5.76 Å². The van der Waals surface area contributed by atoms with E-state index in [1.54, 1.807) is 11.3 Å². The molecule has 5 heteroatoms. The first kappa shape index (κ1) is 13.3. The van der Waals surface area contributed by atoms with E-state index in [0.717, 1.165) is 41.9 Å². The zero-order valence-corrected chi connectivity index (χ0v) is 11.9. The molecule has 0 unspecified atom stereocenters. The van der Waals surface area contributed by atoms with Crippen LogP contribution in [-0.2, 0) is 6.54 Å². The second kappa shape index (κ2) is 6.13. The number of aryl methyl sites for hydroxylation is 1. The fourth-order valence-corrected chi connectivity index (χ4v) is 2.37. The Labute approximate surface area is 112 Å². The molecule has 2 aromatic rings. The lowest BCUT2D eigenvalue weighted by molar-refractivity contribution is 0.322. The Balaban J connectivity index is 2.05. The van der Waals surface area contributed by atoms with E-state index in [0.29, 0.717) is 0 Å². The Morgan fingerprint density at radius 1 is 1.50 bits per heavy atom. The van der Waals surface area contributed by atoms with Crippen molar-refractivity contribution in [3.63, 3.8) is 0 Å². The number of hydrogen-bond donors (Lipinski definition) is 1. The predicted molar refractivity (Wildman–Crippen MR) is 74.8 cm³/mol. The smallest absolute Gasteiger partial charge is 0.236 e. The third kappa shape index (κ3) is 3.19. The monoisotopic (exact) mass is 265 g/mol. The van der Waals surface area contributed by atoms with Gasteiger partial charge in [0.05, 0.1) is 10.6 Å². The molecule has 18 heavy (non-hydrogen) atoms. The summed E-state index contributed by atoms with van der Waals surface area (Å²) in [5.41, 5.74) is 1.03. The quantitative estimate of drug-likeness (QED) is 0.870. The third-order valence-corrected chi connectivity index (χ3v) is 3.65. The number of thiophene rings is 1. The van der Waals surface area contributed by atoms with Crippen LogP contribution >= 0.6 is 11.3 Å². The summed E-state index contributed by atoms with van der Waals surface area (Å²) in [7, 11) is 4.06. The van der Waals surface area contributed by atoms with Gasteiger partial charge in [-0.15, -0.1) is 11.3 Å². The molecule has 0 fully saturated rings. The van der Waals surface area contributed by atoms with Crippen molar-refractivity contribution in [1.29, 1.82) is 0 Å². The van der Waals surface area contributed by atoms with E-state index >= 15 is 0 Å². The van der Waals surface area contributed by atoms with Gasteiger partial charge in [-0.25, -0.2) is 4.98 Å². The fraction of sp³-hybridized carbons (Fsp3) is 0.462. The first-order valence-electron chi connectivity index (χ1n) is 6.04. The van der Waals surface area contributed by atoms with Gasteiger partial charge in [-0.1, -0.05) is 6.07 Å². The molecule has 0 saturated heterocycles. The van der Waals surface area contributed by atoms with Crippen molar-refractivity contribution in [2.45, 2.75) is 13.5 Å². The van der Waals surface area contributed by atoms with Crippen LogP contribution < -0.4 is 5.32 Å². The average Bonchev–Trinajstić information content (AvgIpc) is 2.97. The molecule has 0 spiro atoms. The van der Waals surface area contributed by atoms with Crippen LogP contribution in [0.3, 0.4) is 0 Å². The number of hydrogen-bond acceptors (Lipinski definition) is 5. The Bertz CT molecular complexity index is 478. The summed E-state index contributed by atoms with van der Waals surface area (Å²) in [6.45, 7) is 4.77. The van der Waals surface area contributed by atoms with Gasteiger partial charge in [0.2, 0.25) is 5.89 Å². The summed E-state index contributed by atoms with van der Waals surface area (Å²) in [5, 5.41) is 5.18. The molecule has 98 valence electrons. The molecule has 0 bridgehead atoms. The van der Waals surface area contributed by atoms with Crippen molar-refractivity contribution in [2.75, 3.05) is 27.2 Å². The van der Waals surface area contributed by atoms with Gasteiger partial charge < -0.3 is 9.73 Å². The molecule has 0 radical (unpaired) electrons. The van der Waals surface area contributed by atoms with Crippen molar-refractivity contribution in [3.8, 4) is 10.8 Å². The zero-order valence-electron chi connectivity index (χ0n) is 11.1. The van der Waals surface area contributed by atoms with Gasteiger partial charge in [-0.2, -0.15) is 0 Å². The van der Waals surface area contributed by atoms with Crippen LogP contribution in [0.1, 0.15) is 11.5 Å². The van der Waals surface area contributed by atoms with Crippen LogP contribution in [-0.4, -0.2) is 37.1 Å². The predicted octanol–water partition coefficient (Wildman–Crippen LogP) is 2.36. The second-order valence-corrected chi connectivity index (χ2v) is 5.29. The van der Waals surface area contributed by atoms with Gasteiger partial charge in [0, 0.05) is 19.6 Å². The number of nitrogens with zero attached hydrogens (tertiary/aromatic N) is 2. The van der Waals surface area contributed by atoms with Crippen molar-refractivity contribution in [1.82, 2.24) is 15.2 Å². The SMILES string of the molecule is CNCCN(C)Cc1nc(-c2cccs2)oc1C.